The summed E-state index contributed by atoms with van der Waals surface area (Å²) in [6.07, 6.45) is 3.72. The zero-order valence-corrected chi connectivity index (χ0v) is 13.2. The molecular weight excluding hydrogens is 347 g/mol. The average molecular weight is 363 g/mol. The van der Waals surface area contributed by atoms with Crippen molar-refractivity contribution >= 4 is 26.0 Å². The van der Waals surface area contributed by atoms with Gasteiger partial charge in [0.05, 0.1) is 4.47 Å². The van der Waals surface area contributed by atoms with Crippen LogP contribution in [0.4, 0.5) is 4.39 Å². The Labute approximate surface area is 126 Å². The number of fused-ring (bicyclic) bond motifs is 2. The molecule has 2 aliphatic heterocycles. The molecule has 2 saturated heterocycles. The second-order valence-electron chi connectivity index (χ2n) is 5.48. The van der Waals surface area contributed by atoms with Gasteiger partial charge in [-0.3, -0.25) is 0 Å². The first kappa shape index (κ1) is 14.4. The quantitative estimate of drug-likeness (QED) is 0.865. The van der Waals surface area contributed by atoms with Gasteiger partial charge in [0.25, 0.3) is 0 Å². The lowest BCUT2D eigenvalue weighted by atomic mass is 10.0. The Morgan fingerprint density at radius 2 is 1.90 bits per heavy atom. The van der Waals surface area contributed by atoms with Crippen LogP contribution < -0.4 is 10.0 Å². The molecule has 2 unspecified atom stereocenters. The number of nitrogens with one attached hydrogen (secondary N) is 2. The number of halogens is 2. The van der Waals surface area contributed by atoms with Crippen LogP contribution in [0.25, 0.3) is 0 Å². The highest BCUT2D eigenvalue weighted by molar-refractivity contribution is 9.10. The fourth-order valence-corrected chi connectivity index (χ4v) is 4.99. The van der Waals surface area contributed by atoms with Gasteiger partial charge in [-0.2, -0.15) is 0 Å². The lowest BCUT2D eigenvalue weighted by molar-refractivity contribution is 0.345. The van der Waals surface area contributed by atoms with Crippen LogP contribution in [0.2, 0.25) is 0 Å². The summed E-state index contributed by atoms with van der Waals surface area (Å²) in [6, 6.07) is 4.95. The van der Waals surface area contributed by atoms with E-state index in [0.29, 0.717) is 12.1 Å². The molecule has 1 aromatic rings. The Morgan fingerprint density at radius 3 is 2.55 bits per heavy atom. The molecule has 3 rings (SSSR count). The van der Waals surface area contributed by atoms with E-state index in [4.69, 9.17) is 0 Å². The number of benzene rings is 1. The van der Waals surface area contributed by atoms with Gasteiger partial charge in [0.1, 0.15) is 4.90 Å². The summed E-state index contributed by atoms with van der Waals surface area (Å²) in [5.41, 5.74) is 0. The molecule has 4 nitrogen and oxygen atoms in total. The number of rotatable bonds is 3. The third kappa shape index (κ3) is 2.77. The molecule has 0 radical (unpaired) electrons. The van der Waals surface area contributed by atoms with Crippen LogP contribution in [0.1, 0.15) is 25.7 Å². The van der Waals surface area contributed by atoms with Crippen LogP contribution in [-0.4, -0.2) is 26.5 Å². The molecule has 0 spiro atoms. The second-order valence-corrected chi connectivity index (χ2v) is 8.02. The molecule has 0 saturated carbocycles. The van der Waals surface area contributed by atoms with Gasteiger partial charge in [0, 0.05) is 18.1 Å². The molecule has 2 N–H and O–H groups in total. The van der Waals surface area contributed by atoms with Crippen molar-refractivity contribution in [3.63, 3.8) is 0 Å². The van der Waals surface area contributed by atoms with Crippen LogP contribution in [0.3, 0.4) is 0 Å². The van der Waals surface area contributed by atoms with Crippen molar-refractivity contribution in [1.29, 1.82) is 0 Å². The van der Waals surface area contributed by atoms with Gasteiger partial charge < -0.3 is 5.32 Å². The number of piperidine rings is 1. The van der Waals surface area contributed by atoms with Crippen LogP contribution in [-0.2, 0) is 10.0 Å². The van der Waals surface area contributed by atoms with E-state index in [1.54, 1.807) is 0 Å². The largest absolute Gasteiger partial charge is 0.311 e. The number of sulfonamides is 1. The normalized spacial score (nSPS) is 29.6. The van der Waals surface area contributed by atoms with E-state index >= 15 is 0 Å². The molecule has 2 fully saturated rings. The van der Waals surface area contributed by atoms with Crippen molar-refractivity contribution in [2.24, 2.45) is 0 Å². The predicted octanol–water partition coefficient (Wildman–Crippen LogP) is 2.15. The molecule has 110 valence electrons. The van der Waals surface area contributed by atoms with Gasteiger partial charge in [0.15, 0.2) is 5.82 Å². The van der Waals surface area contributed by atoms with Gasteiger partial charge >= 0.3 is 0 Å². The first-order chi connectivity index (χ1) is 9.45. The average Bonchev–Trinajstić information content (AvgIpc) is 2.71. The summed E-state index contributed by atoms with van der Waals surface area (Å²) in [6.45, 7) is 0. The lowest BCUT2D eigenvalue weighted by Crippen LogP contribution is -2.48. The molecule has 2 aliphatic rings. The SMILES string of the molecule is O=S(=O)(NC1CC2CCC(C1)N2)c1cccc(Br)c1F. The Hall–Kier alpha value is -0.500. The summed E-state index contributed by atoms with van der Waals surface area (Å²) in [5.74, 6) is -0.739. The maximum absolute atomic E-state index is 13.9. The number of hydrogen-bond donors (Lipinski definition) is 2. The summed E-state index contributed by atoms with van der Waals surface area (Å²) < 4.78 is 41.4. The van der Waals surface area contributed by atoms with Crippen LogP contribution >= 0.6 is 15.9 Å². The van der Waals surface area contributed by atoms with Crippen molar-refractivity contribution in [3.05, 3.63) is 28.5 Å². The zero-order valence-electron chi connectivity index (χ0n) is 10.8. The third-order valence-corrected chi connectivity index (χ3v) is 6.15. The van der Waals surface area contributed by atoms with Crippen LogP contribution in [0, 0.1) is 5.82 Å². The Kier molecular flexibility index (Phi) is 3.87. The van der Waals surface area contributed by atoms with E-state index in [9.17, 15) is 12.8 Å². The summed E-state index contributed by atoms with van der Waals surface area (Å²) in [5, 5.41) is 3.45. The fraction of sp³-hybridized carbons (Fsp3) is 0.538. The van der Waals surface area contributed by atoms with E-state index in [1.807, 2.05) is 0 Å². The highest BCUT2D eigenvalue weighted by Gasteiger charge is 2.35. The van der Waals surface area contributed by atoms with Gasteiger partial charge in [0.2, 0.25) is 10.0 Å². The van der Waals surface area contributed by atoms with Gasteiger partial charge in [-0.05, 0) is 53.7 Å². The van der Waals surface area contributed by atoms with Gasteiger partial charge in [-0.1, -0.05) is 6.07 Å². The zero-order chi connectivity index (χ0) is 14.3. The van der Waals surface area contributed by atoms with Crippen molar-refractivity contribution in [2.75, 3.05) is 0 Å². The van der Waals surface area contributed by atoms with Crippen LogP contribution in [0.5, 0.6) is 0 Å². The molecular formula is C13H16BrFN2O2S. The van der Waals surface area contributed by atoms with E-state index in [0.717, 1.165) is 25.7 Å². The smallest absolute Gasteiger partial charge is 0.243 e. The van der Waals surface area contributed by atoms with E-state index in [2.05, 4.69) is 26.0 Å². The standard InChI is InChI=1S/C13H16BrFN2O2S/c14-11-2-1-3-12(13(11)15)20(18,19)17-10-6-8-4-5-9(7-10)16-8/h1-3,8-10,16-17H,4-7H2. The molecule has 0 amide bonds. The van der Waals surface area contributed by atoms with Crippen LogP contribution in [0.15, 0.2) is 27.6 Å². The Morgan fingerprint density at radius 1 is 1.25 bits per heavy atom. The topological polar surface area (TPSA) is 58.2 Å². The molecule has 7 heteroatoms. The highest BCUT2D eigenvalue weighted by Crippen LogP contribution is 2.28. The van der Waals surface area contributed by atoms with E-state index in [-0.39, 0.29) is 15.4 Å². The molecule has 2 heterocycles. The Balaban J connectivity index is 1.80. The lowest BCUT2D eigenvalue weighted by Gasteiger charge is -2.29. The fourth-order valence-electron chi connectivity index (χ4n) is 3.13. The highest BCUT2D eigenvalue weighted by atomic mass is 79.9. The Bertz CT molecular complexity index is 611. The van der Waals surface area contributed by atoms with E-state index < -0.39 is 15.8 Å². The third-order valence-electron chi connectivity index (χ3n) is 4.00. The maximum atomic E-state index is 13.9. The first-order valence-electron chi connectivity index (χ1n) is 6.68. The van der Waals surface area contributed by atoms with Crippen molar-refractivity contribution < 1.29 is 12.8 Å². The summed E-state index contributed by atoms with van der Waals surface area (Å²) in [7, 11) is -3.81. The van der Waals surface area contributed by atoms with Crippen molar-refractivity contribution in [2.45, 2.75) is 48.7 Å². The molecule has 20 heavy (non-hydrogen) atoms. The van der Waals surface area contributed by atoms with Gasteiger partial charge in [-0.25, -0.2) is 17.5 Å². The van der Waals surface area contributed by atoms with Crippen molar-refractivity contribution in [1.82, 2.24) is 10.0 Å². The predicted molar refractivity (Wildman–Crippen MR) is 77.4 cm³/mol. The van der Waals surface area contributed by atoms with E-state index in [1.165, 1.54) is 18.2 Å². The minimum Gasteiger partial charge on any atom is -0.311 e. The molecule has 1 aromatic carbocycles. The monoisotopic (exact) mass is 362 g/mol. The molecule has 2 bridgehead atoms. The van der Waals surface area contributed by atoms with Crippen molar-refractivity contribution in [3.8, 4) is 0 Å². The number of hydrogen-bond acceptors (Lipinski definition) is 3. The van der Waals surface area contributed by atoms with Gasteiger partial charge in [-0.15, -0.1) is 0 Å². The minimum atomic E-state index is -3.81. The second kappa shape index (κ2) is 5.36. The maximum Gasteiger partial charge on any atom is 0.243 e. The first-order valence-corrected chi connectivity index (χ1v) is 8.96. The summed E-state index contributed by atoms with van der Waals surface area (Å²) >= 11 is 3.02. The molecule has 0 aromatic heterocycles. The minimum absolute atomic E-state index is 0.114. The molecule has 2 atom stereocenters. The molecule has 0 aliphatic carbocycles. The summed E-state index contributed by atoms with van der Waals surface area (Å²) in [4.78, 5) is -0.294.